The predicted octanol–water partition coefficient (Wildman–Crippen LogP) is 1.98. The number of nitrogens with two attached hydrogens (primary N) is 1. The maximum absolute atomic E-state index is 13.2. The molecule has 1 aliphatic heterocycles. The van der Waals surface area contributed by atoms with Crippen LogP contribution < -0.4 is 5.73 Å². The van der Waals surface area contributed by atoms with E-state index in [0.717, 1.165) is 31.2 Å². The van der Waals surface area contributed by atoms with E-state index >= 15 is 0 Å². The molecule has 0 unspecified atom stereocenters. The molecule has 1 aliphatic carbocycles. The second kappa shape index (κ2) is 5.97. The minimum Gasteiger partial charge on any atom is -0.389 e. The first-order valence-corrected chi connectivity index (χ1v) is 8.00. The summed E-state index contributed by atoms with van der Waals surface area (Å²) in [7, 11) is 0. The van der Waals surface area contributed by atoms with Crippen LogP contribution in [0.1, 0.15) is 43.7 Å². The minimum absolute atomic E-state index is 0.0693. The van der Waals surface area contributed by atoms with E-state index < -0.39 is 5.60 Å². The highest BCUT2D eigenvalue weighted by Gasteiger charge is 2.48. The molecule has 3 rings (SSSR count). The molecule has 4 nitrogen and oxygen atoms in total. The third-order valence-electron chi connectivity index (χ3n) is 5.24. The van der Waals surface area contributed by atoms with Gasteiger partial charge < -0.3 is 10.8 Å². The standard InChI is InChI=1S/C17H23FN2O2/c18-13-6-4-12(5-7-13)16-14-3-1-2-8-17(14,22)9-10-20(16)11-15(19)21/h4-7,14,16,22H,1-3,8-11H2,(H2,19,21)/t14-,16-,17+/m1/s1. The molecule has 0 radical (unpaired) electrons. The third-order valence-corrected chi connectivity index (χ3v) is 5.24. The molecule has 0 bridgehead atoms. The number of benzene rings is 1. The Hall–Kier alpha value is -1.46. The van der Waals surface area contributed by atoms with Gasteiger partial charge in [0.25, 0.3) is 0 Å². The number of piperidine rings is 1. The molecule has 3 atom stereocenters. The van der Waals surface area contributed by atoms with Gasteiger partial charge in [-0.25, -0.2) is 4.39 Å². The number of aliphatic hydroxyl groups is 1. The Kier molecular flexibility index (Phi) is 4.19. The highest BCUT2D eigenvalue weighted by Crippen LogP contribution is 2.49. The van der Waals surface area contributed by atoms with Gasteiger partial charge in [0.2, 0.25) is 5.91 Å². The zero-order chi connectivity index (χ0) is 15.7. The molecule has 0 spiro atoms. The Morgan fingerprint density at radius 2 is 2.05 bits per heavy atom. The topological polar surface area (TPSA) is 66.6 Å². The van der Waals surface area contributed by atoms with Crippen molar-refractivity contribution in [2.24, 2.45) is 11.7 Å². The first-order chi connectivity index (χ1) is 10.5. The summed E-state index contributed by atoms with van der Waals surface area (Å²) in [5, 5.41) is 11.0. The smallest absolute Gasteiger partial charge is 0.231 e. The number of fused-ring (bicyclic) bond motifs is 1. The van der Waals surface area contributed by atoms with Crippen LogP contribution in [0.5, 0.6) is 0 Å². The minimum atomic E-state index is -0.675. The average molecular weight is 306 g/mol. The Balaban J connectivity index is 1.96. The lowest BCUT2D eigenvalue weighted by atomic mass is 9.66. The van der Waals surface area contributed by atoms with Gasteiger partial charge in [0, 0.05) is 18.5 Å². The Morgan fingerprint density at radius 3 is 2.73 bits per heavy atom. The molecular weight excluding hydrogens is 283 g/mol. The lowest BCUT2D eigenvalue weighted by molar-refractivity contribution is -0.136. The van der Waals surface area contributed by atoms with Crippen molar-refractivity contribution in [3.05, 3.63) is 35.6 Å². The number of likely N-dealkylation sites (tertiary alicyclic amines) is 1. The number of nitrogens with zero attached hydrogens (tertiary/aromatic N) is 1. The molecule has 2 fully saturated rings. The summed E-state index contributed by atoms with van der Waals surface area (Å²) in [5.74, 6) is -0.576. The average Bonchev–Trinajstić information content (AvgIpc) is 2.48. The quantitative estimate of drug-likeness (QED) is 0.897. The van der Waals surface area contributed by atoms with E-state index in [-0.39, 0.29) is 30.2 Å². The summed E-state index contributed by atoms with van der Waals surface area (Å²) < 4.78 is 13.2. The van der Waals surface area contributed by atoms with Gasteiger partial charge in [-0.3, -0.25) is 9.69 Å². The lowest BCUT2D eigenvalue weighted by Gasteiger charge is -2.52. The first kappa shape index (κ1) is 15.4. The number of carbonyl (C=O) groups excluding carboxylic acids is 1. The maximum Gasteiger partial charge on any atom is 0.231 e. The van der Waals surface area contributed by atoms with Crippen molar-refractivity contribution in [1.82, 2.24) is 4.90 Å². The lowest BCUT2D eigenvalue weighted by Crippen LogP contribution is -2.56. The summed E-state index contributed by atoms with van der Waals surface area (Å²) in [6, 6.07) is 6.32. The van der Waals surface area contributed by atoms with Crippen molar-refractivity contribution in [3.63, 3.8) is 0 Å². The fourth-order valence-electron chi connectivity index (χ4n) is 4.22. The predicted molar refractivity (Wildman–Crippen MR) is 81.4 cm³/mol. The summed E-state index contributed by atoms with van der Waals surface area (Å²) in [5.41, 5.74) is 5.66. The van der Waals surface area contributed by atoms with E-state index in [0.29, 0.717) is 13.0 Å². The molecule has 22 heavy (non-hydrogen) atoms. The SMILES string of the molecule is NC(=O)CN1CC[C@@]2(O)CCCC[C@@H]2[C@H]1c1ccc(F)cc1. The summed E-state index contributed by atoms with van der Waals surface area (Å²) in [4.78, 5) is 13.4. The number of amides is 1. The van der Waals surface area contributed by atoms with Crippen LogP contribution in [0.25, 0.3) is 0 Å². The number of rotatable bonds is 3. The van der Waals surface area contributed by atoms with Gasteiger partial charge in [0.15, 0.2) is 0 Å². The molecule has 0 aromatic heterocycles. The molecule has 1 heterocycles. The van der Waals surface area contributed by atoms with E-state index in [1.165, 1.54) is 12.1 Å². The van der Waals surface area contributed by atoms with Gasteiger partial charge >= 0.3 is 0 Å². The number of halogens is 1. The Bertz CT molecular complexity index is 548. The molecule has 3 N–H and O–H groups in total. The molecule has 1 aromatic carbocycles. The van der Waals surface area contributed by atoms with Crippen LogP contribution in [0.2, 0.25) is 0 Å². The van der Waals surface area contributed by atoms with E-state index in [9.17, 15) is 14.3 Å². The van der Waals surface area contributed by atoms with Gasteiger partial charge in [-0.2, -0.15) is 0 Å². The Morgan fingerprint density at radius 1 is 1.32 bits per heavy atom. The normalized spacial score (nSPS) is 32.5. The van der Waals surface area contributed by atoms with Gasteiger partial charge in [0.05, 0.1) is 12.1 Å². The summed E-state index contributed by atoms with van der Waals surface area (Å²) in [6.07, 6.45) is 4.52. The van der Waals surface area contributed by atoms with Crippen molar-refractivity contribution in [3.8, 4) is 0 Å². The Labute approximate surface area is 130 Å². The van der Waals surface area contributed by atoms with E-state index in [4.69, 9.17) is 5.73 Å². The van der Waals surface area contributed by atoms with E-state index in [1.807, 2.05) is 4.90 Å². The molecule has 2 aliphatic rings. The van der Waals surface area contributed by atoms with Crippen molar-refractivity contribution >= 4 is 5.91 Å². The largest absolute Gasteiger partial charge is 0.389 e. The highest BCUT2D eigenvalue weighted by molar-refractivity contribution is 5.76. The molecule has 1 aromatic rings. The molecular formula is C17H23FN2O2. The number of hydrogen-bond donors (Lipinski definition) is 2. The molecule has 1 amide bonds. The summed E-state index contributed by atoms with van der Waals surface area (Å²) in [6.45, 7) is 0.812. The van der Waals surface area contributed by atoms with Crippen molar-refractivity contribution in [2.45, 2.75) is 43.7 Å². The third kappa shape index (κ3) is 2.88. The molecule has 1 saturated heterocycles. The maximum atomic E-state index is 13.2. The fourth-order valence-corrected chi connectivity index (χ4v) is 4.22. The monoisotopic (exact) mass is 306 g/mol. The van der Waals surface area contributed by atoms with Gasteiger partial charge in [0.1, 0.15) is 5.82 Å². The first-order valence-electron chi connectivity index (χ1n) is 8.00. The van der Waals surface area contributed by atoms with E-state index in [1.54, 1.807) is 12.1 Å². The zero-order valence-electron chi connectivity index (χ0n) is 12.7. The second-order valence-corrected chi connectivity index (χ2v) is 6.64. The summed E-state index contributed by atoms with van der Waals surface area (Å²) >= 11 is 0. The molecule has 1 saturated carbocycles. The van der Waals surface area contributed by atoms with Crippen LogP contribution in [-0.2, 0) is 4.79 Å². The highest BCUT2D eigenvalue weighted by atomic mass is 19.1. The van der Waals surface area contributed by atoms with E-state index in [2.05, 4.69) is 0 Å². The van der Waals surface area contributed by atoms with Crippen molar-refractivity contribution < 1.29 is 14.3 Å². The van der Waals surface area contributed by atoms with Gasteiger partial charge in [-0.05, 0) is 37.0 Å². The second-order valence-electron chi connectivity index (χ2n) is 6.64. The van der Waals surface area contributed by atoms with Crippen molar-refractivity contribution in [1.29, 1.82) is 0 Å². The van der Waals surface area contributed by atoms with Crippen LogP contribution in [0.15, 0.2) is 24.3 Å². The van der Waals surface area contributed by atoms with Crippen molar-refractivity contribution in [2.75, 3.05) is 13.1 Å². The molecule has 5 heteroatoms. The number of primary amides is 1. The zero-order valence-corrected chi connectivity index (χ0v) is 12.7. The fraction of sp³-hybridized carbons (Fsp3) is 0.588. The van der Waals surface area contributed by atoms with Crippen LogP contribution >= 0.6 is 0 Å². The number of carbonyl (C=O) groups is 1. The van der Waals surface area contributed by atoms with Crippen LogP contribution in [0.4, 0.5) is 4.39 Å². The van der Waals surface area contributed by atoms with Gasteiger partial charge in [-0.15, -0.1) is 0 Å². The van der Waals surface area contributed by atoms with Crippen LogP contribution in [0, 0.1) is 11.7 Å². The van der Waals surface area contributed by atoms with Crippen LogP contribution in [-0.4, -0.2) is 34.6 Å². The molecule has 120 valence electrons. The number of hydrogen-bond acceptors (Lipinski definition) is 3. The van der Waals surface area contributed by atoms with Crippen LogP contribution in [0.3, 0.4) is 0 Å². The van der Waals surface area contributed by atoms with Gasteiger partial charge in [-0.1, -0.05) is 25.0 Å².